The Bertz CT molecular complexity index is 1090. The van der Waals surface area contributed by atoms with E-state index in [1.165, 1.54) is 22.5 Å². The number of benzene rings is 2. The number of nitrogens with zero attached hydrogens (tertiary/aromatic N) is 2. The fourth-order valence-corrected chi connectivity index (χ4v) is 5.07. The van der Waals surface area contributed by atoms with Gasteiger partial charge in [0.05, 0.1) is 22.0 Å². The highest BCUT2D eigenvalue weighted by Crippen LogP contribution is 2.21. The molecule has 0 atom stereocenters. The number of carbonyl (C=O) groups excluding carboxylic acids is 2. The van der Waals surface area contributed by atoms with Crippen LogP contribution in [0.1, 0.15) is 15.9 Å². The van der Waals surface area contributed by atoms with Crippen molar-refractivity contribution in [3.63, 3.8) is 0 Å². The van der Waals surface area contributed by atoms with Crippen LogP contribution in [0.4, 0.5) is 0 Å². The zero-order valence-electron chi connectivity index (χ0n) is 17.5. The van der Waals surface area contributed by atoms with Crippen LogP contribution >= 0.6 is 23.2 Å². The smallest absolute Gasteiger partial charge is 0.253 e. The van der Waals surface area contributed by atoms with Crippen LogP contribution in [0.5, 0.6) is 0 Å². The zero-order chi connectivity index (χ0) is 23.3. The van der Waals surface area contributed by atoms with Crippen molar-refractivity contribution in [2.45, 2.75) is 11.4 Å². The Morgan fingerprint density at radius 3 is 2.25 bits per heavy atom. The molecule has 0 spiro atoms. The second kappa shape index (κ2) is 10.6. The highest BCUT2D eigenvalue weighted by molar-refractivity contribution is 7.89. The number of piperazine rings is 1. The molecule has 0 radical (unpaired) electrons. The molecule has 0 aromatic heterocycles. The second-order valence-electron chi connectivity index (χ2n) is 7.43. The predicted molar refractivity (Wildman–Crippen MR) is 123 cm³/mol. The van der Waals surface area contributed by atoms with Crippen LogP contribution in [-0.2, 0) is 21.4 Å². The summed E-state index contributed by atoms with van der Waals surface area (Å²) < 4.78 is 27.0. The van der Waals surface area contributed by atoms with Crippen molar-refractivity contribution < 1.29 is 18.0 Å². The Morgan fingerprint density at radius 1 is 0.969 bits per heavy atom. The van der Waals surface area contributed by atoms with Crippen molar-refractivity contribution in [1.29, 1.82) is 0 Å². The maximum Gasteiger partial charge on any atom is 0.253 e. The minimum atomic E-state index is -3.53. The van der Waals surface area contributed by atoms with Gasteiger partial charge in [0.15, 0.2) is 0 Å². The lowest BCUT2D eigenvalue weighted by Gasteiger charge is -2.31. The summed E-state index contributed by atoms with van der Waals surface area (Å²) in [5.74, 6) is -0.877. The molecule has 0 bridgehead atoms. The molecule has 0 unspecified atom stereocenters. The fourth-order valence-electron chi connectivity index (χ4n) is 3.15. The molecule has 3 rings (SSSR count). The van der Waals surface area contributed by atoms with Crippen LogP contribution in [0.3, 0.4) is 0 Å². The fraction of sp³-hybridized carbons (Fsp3) is 0.333. The molecule has 8 nitrogen and oxygen atoms in total. The number of rotatable bonds is 7. The van der Waals surface area contributed by atoms with Gasteiger partial charge in [-0.2, -0.15) is 4.31 Å². The van der Waals surface area contributed by atoms with Crippen LogP contribution < -0.4 is 10.6 Å². The highest BCUT2D eigenvalue weighted by Gasteiger charge is 2.27. The third-order valence-electron chi connectivity index (χ3n) is 5.10. The second-order valence-corrected chi connectivity index (χ2v) is 10.2. The Hall–Kier alpha value is -2.17. The number of hydrogen-bond acceptors (Lipinski definition) is 5. The Balaban J connectivity index is 1.49. The largest absolute Gasteiger partial charge is 0.350 e. The molecule has 2 aromatic carbocycles. The van der Waals surface area contributed by atoms with E-state index >= 15 is 0 Å². The monoisotopic (exact) mass is 498 g/mol. The molecule has 172 valence electrons. The molecule has 2 aromatic rings. The number of amides is 2. The van der Waals surface area contributed by atoms with Crippen molar-refractivity contribution >= 4 is 45.0 Å². The number of halogens is 2. The number of hydrogen-bond donors (Lipinski definition) is 2. The van der Waals surface area contributed by atoms with Gasteiger partial charge in [-0.3, -0.25) is 9.59 Å². The van der Waals surface area contributed by atoms with E-state index in [1.807, 2.05) is 7.05 Å². The molecule has 1 aliphatic heterocycles. The standard InChI is InChI=1S/C21H24Cl2N4O4S/c1-26-8-10-27(11-9-26)32(30,31)17-5-2-15(3-6-17)13-24-20(28)14-25-21(29)18-7-4-16(22)12-19(18)23/h2-7,12H,8-11,13-14H2,1H3,(H,24,28)(H,25,29). The quantitative estimate of drug-likeness (QED) is 0.607. The van der Waals surface area contributed by atoms with Crippen molar-refractivity contribution in [1.82, 2.24) is 19.8 Å². The first-order chi connectivity index (χ1) is 15.2. The summed E-state index contributed by atoms with van der Waals surface area (Å²) in [4.78, 5) is 26.5. The van der Waals surface area contributed by atoms with Gasteiger partial charge >= 0.3 is 0 Å². The lowest BCUT2D eigenvalue weighted by Crippen LogP contribution is -2.47. The van der Waals surface area contributed by atoms with Crippen molar-refractivity contribution in [2.75, 3.05) is 39.8 Å². The van der Waals surface area contributed by atoms with Gasteiger partial charge in [0.25, 0.3) is 5.91 Å². The van der Waals surface area contributed by atoms with Gasteiger partial charge in [0.2, 0.25) is 15.9 Å². The van der Waals surface area contributed by atoms with Crippen LogP contribution in [-0.4, -0.2) is 69.2 Å². The lowest BCUT2D eigenvalue weighted by molar-refractivity contribution is -0.120. The lowest BCUT2D eigenvalue weighted by atomic mass is 10.2. The minimum absolute atomic E-state index is 0.196. The van der Waals surface area contributed by atoms with E-state index < -0.39 is 21.8 Å². The number of carbonyl (C=O) groups is 2. The first-order valence-corrected chi connectivity index (χ1v) is 12.1. The summed E-state index contributed by atoms with van der Waals surface area (Å²) in [5.41, 5.74) is 0.962. The molecular formula is C21H24Cl2N4O4S. The van der Waals surface area contributed by atoms with Crippen LogP contribution in [0.25, 0.3) is 0 Å². The van der Waals surface area contributed by atoms with E-state index in [2.05, 4.69) is 15.5 Å². The van der Waals surface area contributed by atoms with Gasteiger partial charge in [-0.05, 0) is 42.9 Å². The number of sulfonamides is 1. The average Bonchev–Trinajstić information content (AvgIpc) is 2.76. The first-order valence-electron chi connectivity index (χ1n) is 9.94. The van der Waals surface area contributed by atoms with Gasteiger partial charge < -0.3 is 15.5 Å². The normalized spacial score (nSPS) is 15.3. The Morgan fingerprint density at radius 2 is 1.62 bits per heavy atom. The summed E-state index contributed by atoms with van der Waals surface area (Å²) in [6.45, 7) is 2.29. The minimum Gasteiger partial charge on any atom is -0.350 e. The van der Waals surface area contributed by atoms with Gasteiger partial charge in [0.1, 0.15) is 0 Å². The van der Waals surface area contributed by atoms with E-state index in [1.54, 1.807) is 24.3 Å². The molecule has 1 saturated heterocycles. The van der Waals surface area contributed by atoms with Gasteiger partial charge in [-0.15, -0.1) is 0 Å². The van der Waals surface area contributed by atoms with Crippen LogP contribution in [0.15, 0.2) is 47.4 Å². The van der Waals surface area contributed by atoms with Crippen molar-refractivity contribution in [2.24, 2.45) is 0 Å². The van der Waals surface area contributed by atoms with Crippen LogP contribution in [0, 0.1) is 0 Å². The average molecular weight is 499 g/mol. The Kier molecular flexibility index (Phi) is 8.13. The van der Waals surface area contributed by atoms with E-state index in [0.29, 0.717) is 31.2 Å². The molecule has 11 heteroatoms. The predicted octanol–water partition coefficient (Wildman–Crippen LogP) is 1.98. The maximum atomic E-state index is 12.8. The summed E-state index contributed by atoms with van der Waals surface area (Å²) in [6, 6.07) is 10.9. The molecule has 1 heterocycles. The molecule has 1 aliphatic rings. The van der Waals surface area contributed by atoms with Gasteiger partial charge in [-0.25, -0.2) is 8.42 Å². The Labute approximate surface area is 197 Å². The highest BCUT2D eigenvalue weighted by atomic mass is 35.5. The molecular weight excluding hydrogens is 475 g/mol. The topological polar surface area (TPSA) is 98.8 Å². The van der Waals surface area contributed by atoms with Crippen molar-refractivity contribution in [3.8, 4) is 0 Å². The maximum absolute atomic E-state index is 12.8. The van der Waals surface area contributed by atoms with E-state index in [-0.39, 0.29) is 28.6 Å². The van der Waals surface area contributed by atoms with E-state index in [9.17, 15) is 18.0 Å². The summed E-state index contributed by atoms with van der Waals surface area (Å²) in [6.07, 6.45) is 0. The number of nitrogens with one attached hydrogen (secondary N) is 2. The molecule has 1 fully saturated rings. The summed E-state index contributed by atoms with van der Waals surface area (Å²) >= 11 is 11.8. The van der Waals surface area contributed by atoms with Gasteiger partial charge in [0, 0.05) is 37.7 Å². The molecule has 2 amide bonds. The zero-order valence-corrected chi connectivity index (χ0v) is 19.8. The van der Waals surface area contributed by atoms with E-state index in [0.717, 1.165) is 5.56 Å². The van der Waals surface area contributed by atoms with Crippen molar-refractivity contribution in [3.05, 3.63) is 63.6 Å². The molecule has 0 aliphatic carbocycles. The third kappa shape index (κ3) is 6.20. The summed E-state index contributed by atoms with van der Waals surface area (Å²) in [7, 11) is -1.57. The molecule has 2 N–H and O–H groups in total. The third-order valence-corrected chi connectivity index (χ3v) is 7.56. The van der Waals surface area contributed by atoms with Gasteiger partial charge in [-0.1, -0.05) is 35.3 Å². The number of likely N-dealkylation sites (N-methyl/N-ethyl adjacent to an activating group) is 1. The first kappa shape index (κ1) is 24.5. The summed E-state index contributed by atoms with van der Waals surface area (Å²) in [5, 5.41) is 5.79. The molecule has 32 heavy (non-hydrogen) atoms. The van der Waals surface area contributed by atoms with Crippen LogP contribution in [0.2, 0.25) is 10.0 Å². The van der Waals surface area contributed by atoms with E-state index in [4.69, 9.17) is 23.2 Å². The SMILES string of the molecule is CN1CCN(S(=O)(=O)c2ccc(CNC(=O)CNC(=O)c3ccc(Cl)cc3Cl)cc2)CC1. The molecule has 0 saturated carbocycles.